The third-order valence-corrected chi connectivity index (χ3v) is 3.06. The van der Waals surface area contributed by atoms with Crippen LogP contribution in [0.5, 0.6) is 0 Å². The van der Waals surface area contributed by atoms with E-state index in [4.69, 9.17) is 9.63 Å². The highest BCUT2D eigenvalue weighted by molar-refractivity contribution is 5.69. The van der Waals surface area contributed by atoms with Crippen LogP contribution in [-0.2, 0) is 11.3 Å². The van der Waals surface area contributed by atoms with E-state index < -0.39 is 11.9 Å². The Kier molecular flexibility index (Phi) is 4.53. The molecule has 0 spiro atoms. The fourth-order valence-corrected chi connectivity index (χ4v) is 2.01. The second-order valence-electron chi connectivity index (χ2n) is 4.98. The van der Waals surface area contributed by atoms with Gasteiger partial charge in [0, 0.05) is 24.7 Å². The smallest absolute Gasteiger partial charge is 0.307 e. The van der Waals surface area contributed by atoms with Crippen molar-refractivity contribution in [3.63, 3.8) is 0 Å². The van der Waals surface area contributed by atoms with E-state index in [1.54, 1.807) is 6.92 Å². The standard InChI is InChI=1S/C15H18N2O3/c1-11(15(18)19)9-17(2)10-13-8-14(20-16-13)12-6-4-3-5-7-12/h3-8,11H,9-10H2,1-2H3,(H,18,19). The SMILES string of the molecule is CC(CN(C)Cc1cc(-c2ccccc2)on1)C(=O)O. The fraction of sp³-hybridized carbons (Fsp3) is 0.333. The Hall–Kier alpha value is -2.14. The fourth-order valence-electron chi connectivity index (χ4n) is 2.01. The van der Waals surface area contributed by atoms with E-state index in [1.165, 1.54) is 0 Å². The Balaban J connectivity index is 1.98. The van der Waals surface area contributed by atoms with E-state index in [0.29, 0.717) is 13.1 Å². The zero-order chi connectivity index (χ0) is 14.5. The van der Waals surface area contributed by atoms with Gasteiger partial charge in [-0.25, -0.2) is 0 Å². The van der Waals surface area contributed by atoms with Crippen LogP contribution in [0.25, 0.3) is 11.3 Å². The monoisotopic (exact) mass is 274 g/mol. The van der Waals surface area contributed by atoms with Crippen molar-refractivity contribution in [2.75, 3.05) is 13.6 Å². The highest BCUT2D eigenvalue weighted by atomic mass is 16.5. The molecule has 0 bridgehead atoms. The van der Waals surface area contributed by atoms with E-state index in [0.717, 1.165) is 17.0 Å². The lowest BCUT2D eigenvalue weighted by atomic mass is 10.1. The van der Waals surface area contributed by atoms with Gasteiger partial charge in [0.2, 0.25) is 0 Å². The van der Waals surface area contributed by atoms with Crippen LogP contribution in [0, 0.1) is 5.92 Å². The topological polar surface area (TPSA) is 66.6 Å². The summed E-state index contributed by atoms with van der Waals surface area (Å²) in [4.78, 5) is 12.7. The molecule has 0 saturated heterocycles. The quantitative estimate of drug-likeness (QED) is 0.876. The van der Waals surface area contributed by atoms with Crippen LogP contribution >= 0.6 is 0 Å². The lowest BCUT2D eigenvalue weighted by Gasteiger charge is -2.17. The van der Waals surface area contributed by atoms with Gasteiger partial charge in [-0.2, -0.15) is 0 Å². The molecule has 0 aliphatic heterocycles. The van der Waals surface area contributed by atoms with Gasteiger partial charge >= 0.3 is 5.97 Å². The van der Waals surface area contributed by atoms with Gasteiger partial charge in [0.15, 0.2) is 5.76 Å². The van der Waals surface area contributed by atoms with Crippen molar-refractivity contribution in [3.8, 4) is 11.3 Å². The number of carboxylic acids is 1. The maximum atomic E-state index is 10.8. The number of carbonyl (C=O) groups is 1. The summed E-state index contributed by atoms with van der Waals surface area (Å²) in [6, 6.07) is 11.6. The van der Waals surface area contributed by atoms with E-state index in [2.05, 4.69) is 5.16 Å². The molecule has 1 aromatic carbocycles. The number of hydrogen-bond acceptors (Lipinski definition) is 4. The summed E-state index contributed by atoms with van der Waals surface area (Å²) in [6.07, 6.45) is 0. The number of nitrogens with zero attached hydrogens (tertiary/aromatic N) is 2. The van der Waals surface area contributed by atoms with Crippen LogP contribution < -0.4 is 0 Å². The Morgan fingerprint density at radius 1 is 1.40 bits per heavy atom. The molecule has 1 unspecified atom stereocenters. The van der Waals surface area contributed by atoms with Crippen LogP contribution in [0.4, 0.5) is 0 Å². The zero-order valence-corrected chi connectivity index (χ0v) is 11.6. The van der Waals surface area contributed by atoms with Crippen LogP contribution in [0.15, 0.2) is 40.9 Å². The van der Waals surface area contributed by atoms with Crippen molar-refractivity contribution < 1.29 is 14.4 Å². The van der Waals surface area contributed by atoms with Gasteiger partial charge in [-0.3, -0.25) is 9.69 Å². The van der Waals surface area contributed by atoms with Crippen molar-refractivity contribution in [1.29, 1.82) is 0 Å². The van der Waals surface area contributed by atoms with Gasteiger partial charge in [0.25, 0.3) is 0 Å². The van der Waals surface area contributed by atoms with E-state index >= 15 is 0 Å². The average molecular weight is 274 g/mol. The van der Waals surface area contributed by atoms with Gasteiger partial charge in [0.05, 0.1) is 11.6 Å². The first-order valence-electron chi connectivity index (χ1n) is 6.48. The molecule has 5 heteroatoms. The number of carboxylic acid groups (broad SMARTS) is 1. The number of hydrogen-bond donors (Lipinski definition) is 1. The summed E-state index contributed by atoms with van der Waals surface area (Å²) >= 11 is 0. The van der Waals surface area contributed by atoms with Gasteiger partial charge in [0.1, 0.15) is 0 Å². The Labute approximate surface area is 117 Å². The zero-order valence-electron chi connectivity index (χ0n) is 11.6. The van der Waals surface area contributed by atoms with Gasteiger partial charge in [-0.15, -0.1) is 0 Å². The first kappa shape index (κ1) is 14.3. The number of benzene rings is 1. The lowest BCUT2D eigenvalue weighted by molar-refractivity contribution is -0.141. The molecule has 2 aromatic rings. The summed E-state index contributed by atoms with van der Waals surface area (Å²) in [5.74, 6) is -0.470. The minimum absolute atomic E-state index is 0.402. The van der Waals surface area contributed by atoms with Crippen molar-refractivity contribution in [2.24, 2.45) is 5.92 Å². The van der Waals surface area contributed by atoms with Crippen LogP contribution in [0.2, 0.25) is 0 Å². The molecule has 0 amide bonds. The third-order valence-electron chi connectivity index (χ3n) is 3.06. The molecule has 5 nitrogen and oxygen atoms in total. The van der Waals surface area contributed by atoms with Gasteiger partial charge in [-0.05, 0) is 7.05 Å². The molecule has 1 aromatic heterocycles. The van der Waals surface area contributed by atoms with E-state index in [9.17, 15) is 4.79 Å². The van der Waals surface area contributed by atoms with Gasteiger partial charge in [-0.1, -0.05) is 42.4 Å². The average Bonchev–Trinajstić information content (AvgIpc) is 2.88. The molecule has 1 atom stereocenters. The van der Waals surface area contributed by atoms with Crippen molar-refractivity contribution >= 4 is 5.97 Å². The van der Waals surface area contributed by atoms with Crippen LogP contribution in [-0.4, -0.2) is 34.7 Å². The molecule has 106 valence electrons. The Morgan fingerprint density at radius 3 is 2.75 bits per heavy atom. The van der Waals surface area contributed by atoms with Crippen molar-refractivity contribution in [1.82, 2.24) is 10.1 Å². The molecule has 20 heavy (non-hydrogen) atoms. The molecular weight excluding hydrogens is 256 g/mol. The molecule has 0 fully saturated rings. The van der Waals surface area contributed by atoms with Crippen LogP contribution in [0.1, 0.15) is 12.6 Å². The second kappa shape index (κ2) is 6.34. The summed E-state index contributed by atoms with van der Waals surface area (Å²) in [7, 11) is 1.87. The first-order valence-corrected chi connectivity index (χ1v) is 6.48. The summed E-state index contributed by atoms with van der Waals surface area (Å²) in [6.45, 7) is 2.73. The number of aliphatic carboxylic acids is 1. The van der Waals surface area contributed by atoms with Gasteiger partial charge < -0.3 is 9.63 Å². The Bertz CT molecular complexity index is 566. The molecule has 0 aliphatic carbocycles. The van der Waals surface area contributed by atoms with Crippen LogP contribution in [0.3, 0.4) is 0 Å². The summed E-state index contributed by atoms with van der Waals surface area (Å²) < 4.78 is 5.31. The highest BCUT2D eigenvalue weighted by Crippen LogP contribution is 2.20. The lowest BCUT2D eigenvalue weighted by Crippen LogP contribution is -2.28. The maximum Gasteiger partial charge on any atom is 0.307 e. The number of rotatable bonds is 6. The molecule has 0 saturated carbocycles. The molecule has 1 N–H and O–H groups in total. The molecule has 2 rings (SSSR count). The summed E-state index contributed by atoms with van der Waals surface area (Å²) in [5.41, 5.74) is 1.77. The molecule has 0 radical (unpaired) electrons. The Morgan fingerprint density at radius 2 is 2.10 bits per heavy atom. The predicted molar refractivity (Wildman–Crippen MR) is 75.1 cm³/mol. The minimum Gasteiger partial charge on any atom is -0.481 e. The maximum absolute atomic E-state index is 10.8. The summed E-state index contributed by atoms with van der Waals surface area (Å²) in [5, 5.41) is 12.9. The second-order valence-corrected chi connectivity index (χ2v) is 4.98. The molecule has 0 aliphatic rings. The minimum atomic E-state index is -0.790. The van der Waals surface area contributed by atoms with Crippen molar-refractivity contribution in [3.05, 3.63) is 42.1 Å². The predicted octanol–water partition coefficient (Wildman–Crippen LogP) is 2.49. The normalized spacial score (nSPS) is 12.6. The first-order chi connectivity index (χ1) is 9.56. The van der Waals surface area contributed by atoms with Crippen molar-refractivity contribution in [2.45, 2.75) is 13.5 Å². The van der Waals surface area contributed by atoms with E-state index in [-0.39, 0.29) is 0 Å². The molecule has 1 heterocycles. The van der Waals surface area contributed by atoms with E-state index in [1.807, 2.05) is 48.3 Å². The molecular formula is C15H18N2O3. The number of aromatic nitrogens is 1. The highest BCUT2D eigenvalue weighted by Gasteiger charge is 2.15. The largest absolute Gasteiger partial charge is 0.481 e. The third kappa shape index (κ3) is 3.68.